The van der Waals surface area contributed by atoms with Crippen LogP contribution in [0.3, 0.4) is 0 Å². The molecule has 1 aromatic carbocycles. The van der Waals surface area contributed by atoms with Gasteiger partial charge in [0.1, 0.15) is 11.3 Å². The fourth-order valence-electron chi connectivity index (χ4n) is 4.83. The molecule has 0 bridgehead atoms. The second-order valence-electron chi connectivity index (χ2n) is 10.0. The first kappa shape index (κ1) is 31.3. The van der Waals surface area contributed by atoms with Crippen LogP contribution in [0.4, 0.5) is 8.78 Å². The van der Waals surface area contributed by atoms with Crippen LogP contribution in [-0.4, -0.2) is 113 Å². The highest BCUT2D eigenvalue weighted by Gasteiger charge is 2.25. The Morgan fingerprint density at radius 1 is 1.23 bits per heavy atom. The number of carbonyl (C=O) groups excluding carboxylic acids is 2. The minimum atomic E-state index is -3.08. The Bertz CT molecular complexity index is 1540. The summed E-state index contributed by atoms with van der Waals surface area (Å²) in [4.78, 5) is 40.0. The van der Waals surface area contributed by atoms with E-state index in [1.165, 1.54) is 30.0 Å². The molecule has 0 atom stereocenters. The topological polar surface area (TPSA) is 126 Å². The van der Waals surface area contributed by atoms with Crippen molar-refractivity contribution in [1.29, 1.82) is 0 Å². The highest BCUT2D eigenvalue weighted by atomic mass is 32.2. The maximum absolute atomic E-state index is 13.5. The van der Waals surface area contributed by atoms with Gasteiger partial charge in [0.2, 0.25) is 5.91 Å². The van der Waals surface area contributed by atoms with Gasteiger partial charge in [0.05, 0.1) is 42.6 Å². The molecule has 0 spiro atoms. The van der Waals surface area contributed by atoms with E-state index < -0.39 is 12.5 Å². The number of carbonyl (C=O) groups is 2. The summed E-state index contributed by atoms with van der Waals surface area (Å²) < 4.78 is 38.5. The molecule has 0 saturated carbocycles. The number of thioether (sulfide) groups is 1. The van der Waals surface area contributed by atoms with E-state index in [4.69, 9.17) is 9.47 Å². The smallest absolute Gasteiger partial charge is 0.387 e. The molecule has 2 amide bonds. The lowest BCUT2D eigenvalue weighted by Gasteiger charge is -2.34. The van der Waals surface area contributed by atoms with Crippen molar-refractivity contribution < 1.29 is 27.8 Å². The summed E-state index contributed by atoms with van der Waals surface area (Å²) in [7, 11) is 1.48. The fourth-order valence-corrected chi connectivity index (χ4v) is 5.88. The molecule has 44 heavy (non-hydrogen) atoms. The third-order valence-electron chi connectivity index (χ3n) is 7.26. The van der Waals surface area contributed by atoms with Gasteiger partial charge in [-0.15, -0.1) is 11.8 Å². The molecule has 2 N–H and O–H groups in total. The maximum Gasteiger partial charge on any atom is 0.387 e. The van der Waals surface area contributed by atoms with Crippen LogP contribution in [0.15, 0.2) is 64.6 Å². The number of benzene rings is 1. The van der Waals surface area contributed by atoms with Gasteiger partial charge in [0, 0.05) is 62.3 Å². The minimum absolute atomic E-state index is 0.0429. The maximum atomic E-state index is 13.5. The molecule has 4 heterocycles. The quantitative estimate of drug-likeness (QED) is 0.291. The first-order valence-electron chi connectivity index (χ1n) is 14.2. The first-order chi connectivity index (χ1) is 21.4. The van der Waals surface area contributed by atoms with Crippen molar-refractivity contribution in [3.05, 3.63) is 65.9 Å². The van der Waals surface area contributed by atoms with E-state index in [0.717, 1.165) is 24.5 Å². The number of hydrogen-bond donors (Lipinski definition) is 2. The Hall–Kier alpha value is -4.08. The Morgan fingerprint density at radius 2 is 2.02 bits per heavy atom. The zero-order chi connectivity index (χ0) is 31.1. The SMILES string of the molecule is CCN1CCN(C(=O)CN/C=C(NC(=O)c2cnn3cccnc23)\C(=N/C)c2cc(SC3COC3)ccc2OC(F)F)CC1. The number of ether oxygens (including phenoxy) is 2. The zero-order valence-electron chi connectivity index (χ0n) is 24.4. The number of nitrogens with zero attached hydrogens (tertiary/aromatic N) is 6. The highest BCUT2D eigenvalue weighted by molar-refractivity contribution is 8.00. The van der Waals surface area contributed by atoms with Crippen LogP contribution in [-0.2, 0) is 9.53 Å². The first-order valence-corrected chi connectivity index (χ1v) is 15.1. The number of aromatic nitrogens is 3. The van der Waals surface area contributed by atoms with E-state index in [1.54, 1.807) is 47.3 Å². The highest BCUT2D eigenvalue weighted by Crippen LogP contribution is 2.33. The zero-order valence-corrected chi connectivity index (χ0v) is 25.2. The van der Waals surface area contributed by atoms with E-state index >= 15 is 0 Å². The van der Waals surface area contributed by atoms with E-state index in [0.29, 0.717) is 32.0 Å². The summed E-state index contributed by atoms with van der Waals surface area (Å²) in [6, 6.07) is 6.52. The average Bonchev–Trinajstić information content (AvgIpc) is 3.44. The molecule has 0 unspecified atom stereocenters. The number of allylic oxidation sites excluding steroid dienone is 1. The number of halogens is 2. The van der Waals surface area contributed by atoms with Gasteiger partial charge in [-0.3, -0.25) is 14.6 Å². The van der Waals surface area contributed by atoms with Crippen molar-refractivity contribution in [2.45, 2.75) is 23.7 Å². The van der Waals surface area contributed by atoms with Crippen LogP contribution >= 0.6 is 11.8 Å². The molecular formula is C29H34F2N8O4S. The molecule has 234 valence electrons. The average molecular weight is 629 g/mol. The van der Waals surface area contributed by atoms with Crippen LogP contribution in [0.5, 0.6) is 5.75 Å². The summed E-state index contributed by atoms with van der Waals surface area (Å²) >= 11 is 1.55. The monoisotopic (exact) mass is 628 g/mol. The number of rotatable bonds is 12. The Labute approximate surface area is 257 Å². The van der Waals surface area contributed by atoms with Crippen LogP contribution in [0.2, 0.25) is 0 Å². The molecule has 12 nitrogen and oxygen atoms in total. The van der Waals surface area contributed by atoms with Gasteiger partial charge in [0.25, 0.3) is 5.91 Å². The van der Waals surface area contributed by atoms with Gasteiger partial charge in [-0.05, 0) is 30.8 Å². The van der Waals surface area contributed by atoms with E-state index in [1.807, 2.05) is 0 Å². The van der Waals surface area contributed by atoms with Crippen molar-refractivity contribution in [2.24, 2.45) is 4.99 Å². The number of hydrogen-bond acceptors (Lipinski definition) is 10. The van der Waals surface area contributed by atoms with Gasteiger partial charge in [-0.2, -0.15) is 13.9 Å². The van der Waals surface area contributed by atoms with Crippen LogP contribution < -0.4 is 15.4 Å². The molecule has 5 rings (SSSR count). The summed E-state index contributed by atoms with van der Waals surface area (Å²) in [6.07, 6.45) is 6.04. The normalized spacial score (nSPS) is 16.7. The third kappa shape index (κ3) is 7.52. The third-order valence-corrected chi connectivity index (χ3v) is 8.39. The van der Waals surface area contributed by atoms with E-state index in [-0.39, 0.29) is 46.0 Å². The number of aliphatic imine (C=N–C) groups is 1. The number of nitrogens with one attached hydrogen (secondary N) is 2. The Morgan fingerprint density at radius 3 is 2.70 bits per heavy atom. The van der Waals surface area contributed by atoms with Gasteiger partial charge in [-0.1, -0.05) is 6.92 Å². The van der Waals surface area contributed by atoms with Crippen molar-refractivity contribution in [2.75, 3.05) is 59.5 Å². The summed E-state index contributed by atoms with van der Waals surface area (Å²) in [5.74, 6) is -0.770. The number of likely N-dealkylation sites (N-methyl/N-ethyl adjacent to an activating group) is 1. The molecule has 0 radical (unpaired) electrons. The second kappa shape index (κ2) is 14.6. The molecule has 3 aromatic rings. The number of fused-ring (bicyclic) bond motifs is 1. The molecular weight excluding hydrogens is 594 g/mol. The molecule has 0 aliphatic carbocycles. The van der Waals surface area contributed by atoms with E-state index in [2.05, 4.69) is 37.5 Å². The molecule has 2 aliphatic rings. The van der Waals surface area contributed by atoms with Crippen LogP contribution in [0.1, 0.15) is 22.8 Å². The fraction of sp³-hybridized carbons (Fsp3) is 0.414. The van der Waals surface area contributed by atoms with Crippen molar-refractivity contribution in [3.8, 4) is 5.75 Å². The molecule has 2 fully saturated rings. The Balaban J connectivity index is 1.44. The van der Waals surface area contributed by atoms with Crippen molar-refractivity contribution in [3.63, 3.8) is 0 Å². The summed E-state index contributed by atoms with van der Waals surface area (Å²) in [6.45, 7) is 3.91. The molecule has 2 aliphatic heterocycles. The van der Waals surface area contributed by atoms with Crippen molar-refractivity contribution >= 4 is 34.9 Å². The number of piperazine rings is 1. The largest absolute Gasteiger partial charge is 0.434 e. The Kier molecular flexibility index (Phi) is 10.4. The predicted octanol–water partition coefficient (Wildman–Crippen LogP) is 2.27. The van der Waals surface area contributed by atoms with E-state index in [9.17, 15) is 18.4 Å². The summed E-state index contributed by atoms with van der Waals surface area (Å²) in [5.41, 5.74) is 1.07. The van der Waals surface area contributed by atoms with Gasteiger partial charge < -0.3 is 29.9 Å². The lowest BCUT2D eigenvalue weighted by molar-refractivity contribution is -0.131. The lowest BCUT2D eigenvalue weighted by atomic mass is 10.1. The van der Waals surface area contributed by atoms with Crippen LogP contribution in [0, 0.1) is 0 Å². The second-order valence-corrected chi connectivity index (χ2v) is 11.4. The minimum Gasteiger partial charge on any atom is -0.434 e. The lowest BCUT2D eigenvalue weighted by Crippen LogP contribution is -2.50. The standard InChI is InChI=1S/C29H34F2N8O4S/c1-3-37-9-11-38(12-10-37)25(40)16-33-15-23(36-28(41)22-14-35-39-8-4-7-34-27(22)39)26(32-2)21-13-19(44-20-17-42-18-20)5-6-24(21)43-29(30)31/h4-8,13-15,20,29,33H,3,9-12,16-18H2,1-2H3,(H,36,41)/b23-15+,32-26-. The molecule has 2 aromatic heterocycles. The number of alkyl halides is 2. The van der Waals surface area contributed by atoms with Crippen LogP contribution in [0.25, 0.3) is 5.65 Å². The summed E-state index contributed by atoms with van der Waals surface area (Å²) in [5, 5.41) is 10.2. The van der Waals surface area contributed by atoms with Crippen molar-refractivity contribution in [1.82, 2.24) is 35.0 Å². The van der Waals surface area contributed by atoms with Gasteiger partial charge in [-0.25, -0.2) is 9.50 Å². The molecule has 15 heteroatoms. The number of amides is 2. The van der Waals surface area contributed by atoms with Gasteiger partial charge in [0.15, 0.2) is 5.65 Å². The molecule has 2 saturated heterocycles. The predicted molar refractivity (Wildman–Crippen MR) is 161 cm³/mol. The van der Waals surface area contributed by atoms with Gasteiger partial charge >= 0.3 is 6.61 Å².